The number of aliphatic hydroxyl groups excluding tert-OH is 1. The van der Waals surface area contributed by atoms with Gasteiger partial charge in [-0.25, -0.2) is 0 Å². The van der Waals surface area contributed by atoms with Crippen molar-refractivity contribution in [3.8, 4) is 0 Å². The maximum atomic E-state index is 10.3. The van der Waals surface area contributed by atoms with Crippen molar-refractivity contribution in [3.05, 3.63) is 0 Å². The lowest BCUT2D eigenvalue weighted by Gasteiger charge is -2.61. The Morgan fingerprint density at radius 2 is 1.63 bits per heavy atom. The van der Waals surface area contributed by atoms with Gasteiger partial charge in [-0.2, -0.15) is 0 Å². The first kappa shape index (κ1) is 20.5. The lowest BCUT2D eigenvalue weighted by molar-refractivity contribution is -0.273. The van der Waals surface area contributed by atoms with Crippen LogP contribution in [-0.4, -0.2) is 29.7 Å². The van der Waals surface area contributed by atoms with Crippen molar-refractivity contribution in [3.63, 3.8) is 0 Å². The van der Waals surface area contributed by atoms with E-state index in [0.717, 1.165) is 49.5 Å². The molecule has 4 saturated carbocycles. The topological polar surface area (TPSA) is 38.7 Å². The second kappa shape index (κ2) is 6.70. The van der Waals surface area contributed by atoms with Crippen molar-refractivity contribution in [2.45, 2.75) is 110 Å². The second-order valence-electron chi connectivity index (χ2n) is 13.1. The Hall–Kier alpha value is -0.120. The lowest BCUT2D eigenvalue weighted by Crippen LogP contribution is -2.55. The maximum Gasteiger partial charge on any atom is 0.171 e. The summed E-state index contributed by atoms with van der Waals surface area (Å²) in [6.07, 6.45) is 12.9. The molecule has 0 radical (unpaired) electrons. The van der Waals surface area contributed by atoms with Gasteiger partial charge < -0.3 is 14.6 Å². The van der Waals surface area contributed by atoms with E-state index in [-0.39, 0.29) is 11.9 Å². The van der Waals surface area contributed by atoms with Crippen LogP contribution in [0.4, 0.5) is 0 Å². The molecule has 30 heavy (non-hydrogen) atoms. The Labute approximate surface area is 183 Å². The van der Waals surface area contributed by atoms with E-state index in [4.69, 9.17) is 9.47 Å². The Morgan fingerprint density at radius 3 is 2.40 bits per heavy atom. The zero-order chi connectivity index (χ0) is 20.9. The van der Waals surface area contributed by atoms with Gasteiger partial charge in [-0.3, -0.25) is 0 Å². The minimum atomic E-state index is -0.282. The molecule has 4 aliphatic carbocycles. The monoisotopic (exact) mass is 416 g/mol. The quantitative estimate of drug-likeness (QED) is 0.543. The maximum absolute atomic E-state index is 10.3. The molecule has 1 N–H and O–H groups in total. The van der Waals surface area contributed by atoms with Gasteiger partial charge in [0.05, 0.1) is 18.8 Å². The van der Waals surface area contributed by atoms with Crippen LogP contribution in [0.25, 0.3) is 0 Å². The lowest BCUT2D eigenvalue weighted by atomic mass is 9.44. The Bertz CT molecular complexity index is 684. The highest BCUT2D eigenvalue weighted by molar-refractivity contribution is 5.15. The summed E-state index contributed by atoms with van der Waals surface area (Å²) in [5.74, 6) is 4.93. The largest absolute Gasteiger partial charge is 0.393 e. The normalized spacial score (nSPS) is 62.5. The van der Waals surface area contributed by atoms with Crippen molar-refractivity contribution in [1.82, 2.24) is 0 Å². The molecule has 2 heterocycles. The molecule has 2 saturated heterocycles. The van der Waals surface area contributed by atoms with E-state index in [1.807, 2.05) is 0 Å². The van der Waals surface area contributed by atoms with Crippen molar-refractivity contribution in [2.75, 3.05) is 6.61 Å². The van der Waals surface area contributed by atoms with E-state index in [9.17, 15) is 5.11 Å². The average Bonchev–Trinajstić information content (AvgIpc) is 3.16. The number of ether oxygens (including phenoxy) is 2. The van der Waals surface area contributed by atoms with E-state index < -0.39 is 0 Å². The van der Waals surface area contributed by atoms with E-state index in [0.29, 0.717) is 34.7 Å². The summed E-state index contributed by atoms with van der Waals surface area (Å²) in [6, 6.07) is 0. The van der Waals surface area contributed by atoms with Crippen LogP contribution >= 0.6 is 0 Å². The fourth-order valence-corrected chi connectivity index (χ4v) is 10.3. The van der Waals surface area contributed by atoms with Gasteiger partial charge in [0.15, 0.2) is 5.79 Å². The molecule has 0 aromatic carbocycles. The summed E-state index contributed by atoms with van der Waals surface area (Å²) < 4.78 is 13.4. The number of hydrogen-bond donors (Lipinski definition) is 1. The molecule has 6 fully saturated rings. The molecule has 0 aromatic rings. The van der Waals surface area contributed by atoms with E-state index in [1.54, 1.807) is 0 Å². The van der Waals surface area contributed by atoms with Crippen molar-refractivity contribution in [2.24, 2.45) is 52.3 Å². The van der Waals surface area contributed by atoms with E-state index in [2.05, 4.69) is 27.7 Å². The SMILES string of the molecule is C[C@@H]1CC[C@@]2(OC1)O[C@H]1C[C@H]3[C@@H]4CC[C@H]5C[C@@H](O)CC[C@]5(C)[C@@H]4CC[C@]3(C)[C@H]1[C@@H]2C. The zero-order valence-corrected chi connectivity index (χ0v) is 19.7. The van der Waals surface area contributed by atoms with Crippen LogP contribution in [0.1, 0.15) is 91.9 Å². The van der Waals surface area contributed by atoms with E-state index in [1.165, 1.54) is 44.9 Å². The smallest absolute Gasteiger partial charge is 0.171 e. The third kappa shape index (κ3) is 2.61. The predicted octanol–water partition coefficient (Wildman–Crippen LogP) is 5.79. The zero-order valence-electron chi connectivity index (χ0n) is 19.7. The first-order valence-corrected chi connectivity index (χ1v) is 13.3. The molecule has 1 spiro atoms. The Morgan fingerprint density at radius 1 is 0.833 bits per heavy atom. The number of rotatable bonds is 0. The molecular weight excluding hydrogens is 372 g/mol. The van der Waals surface area contributed by atoms with Crippen LogP contribution in [0.15, 0.2) is 0 Å². The van der Waals surface area contributed by atoms with Gasteiger partial charge in [-0.05, 0) is 104 Å². The van der Waals surface area contributed by atoms with E-state index >= 15 is 0 Å². The summed E-state index contributed by atoms with van der Waals surface area (Å²) in [4.78, 5) is 0. The molecule has 6 aliphatic rings. The number of aliphatic hydroxyl groups is 1. The molecule has 6 rings (SSSR count). The molecule has 170 valence electrons. The highest BCUT2D eigenvalue weighted by Gasteiger charge is 2.69. The molecular formula is C27H44O3. The molecule has 12 atom stereocenters. The molecule has 3 nitrogen and oxygen atoms in total. The summed E-state index contributed by atoms with van der Waals surface area (Å²) in [6.45, 7) is 10.9. The fraction of sp³-hybridized carbons (Fsp3) is 1.00. The number of fused-ring (bicyclic) bond motifs is 7. The Kier molecular flexibility index (Phi) is 4.58. The van der Waals surface area contributed by atoms with Gasteiger partial charge in [-0.1, -0.05) is 27.7 Å². The molecule has 0 aromatic heterocycles. The number of hydrogen-bond acceptors (Lipinski definition) is 3. The fourth-order valence-electron chi connectivity index (χ4n) is 10.3. The third-order valence-electron chi connectivity index (χ3n) is 11.9. The van der Waals surface area contributed by atoms with Crippen LogP contribution in [0.5, 0.6) is 0 Å². The summed E-state index contributed by atoms with van der Waals surface area (Å²) in [7, 11) is 0. The van der Waals surface area contributed by atoms with Crippen LogP contribution in [0.3, 0.4) is 0 Å². The first-order chi connectivity index (χ1) is 14.3. The average molecular weight is 417 g/mol. The van der Waals surface area contributed by atoms with Crippen LogP contribution < -0.4 is 0 Å². The minimum Gasteiger partial charge on any atom is -0.393 e. The van der Waals surface area contributed by atoms with Crippen LogP contribution in [0, 0.1) is 52.3 Å². The highest BCUT2D eigenvalue weighted by Crippen LogP contribution is 2.71. The Balaban J connectivity index is 1.26. The van der Waals surface area contributed by atoms with Crippen LogP contribution in [-0.2, 0) is 9.47 Å². The summed E-state index contributed by atoms with van der Waals surface area (Å²) in [5, 5.41) is 10.3. The molecule has 0 amide bonds. The molecule has 0 unspecified atom stereocenters. The standard InChI is InChI=1S/C27H44O3/c1-16-7-12-27(29-15-16)17(2)24-23(30-27)14-22-20-6-5-18-13-19(28)8-10-25(18,3)21(20)9-11-26(22,24)4/h16-24,28H,5-15H2,1-4H3/t16-,17+,18+,19+,20-,21-,22+,23+,24+,25+,26+,27-/m1/s1. The van der Waals surface area contributed by atoms with Gasteiger partial charge >= 0.3 is 0 Å². The van der Waals surface area contributed by atoms with Gasteiger partial charge in [0, 0.05) is 12.3 Å². The van der Waals surface area contributed by atoms with Gasteiger partial charge in [0.1, 0.15) is 0 Å². The third-order valence-corrected chi connectivity index (χ3v) is 11.9. The van der Waals surface area contributed by atoms with Gasteiger partial charge in [0.25, 0.3) is 0 Å². The van der Waals surface area contributed by atoms with Crippen molar-refractivity contribution in [1.29, 1.82) is 0 Å². The van der Waals surface area contributed by atoms with Crippen molar-refractivity contribution >= 4 is 0 Å². The second-order valence-corrected chi connectivity index (χ2v) is 13.1. The highest BCUT2D eigenvalue weighted by atomic mass is 16.7. The minimum absolute atomic E-state index is 0.0389. The molecule has 2 aliphatic heterocycles. The molecule has 0 bridgehead atoms. The summed E-state index contributed by atoms with van der Waals surface area (Å²) in [5.41, 5.74) is 0.899. The van der Waals surface area contributed by atoms with Crippen molar-refractivity contribution < 1.29 is 14.6 Å². The summed E-state index contributed by atoms with van der Waals surface area (Å²) >= 11 is 0. The van der Waals surface area contributed by atoms with Gasteiger partial charge in [0.2, 0.25) is 0 Å². The van der Waals surface area contributed by atoms with Gasteiger partial charge in [-0.15, -0.1) is 0 Å². The van der Waals surface area contributed by atoms with Crippen LogP contribution in [0.2, 0.25) is 0 Å². The molecule has 3 heteroatoms. The first-order valence-electron chi connectivity index (χ1n) is 13.3. The predicted molar refractivity (Wildman–Crippen MR) is 118 cm³/mol.